The van der Waals surface area contributed by atoms with Crippen molar-refractivity contribution < 1.29 is 18.3 Å². The lowest BCUT2D eigenvalue weighted by Gasteiger charge is -2.38. The Morgan fingerprint density at radius 3 is 2.36 bits per heavy atom. The van der Waals surface area contributed by atoms with Gasteiger partial charge < -0.3 is 9.67 Å². The van der Waals surface area contributed by atoms with E-state index in [2.05, 4.69) is 4.98 Å². The topological polar surface area (TPSA) is 55.1 Å². The summed E-state index contributed by atoms with van der Waals surface area (Å²) in [6, 6.07) is 12.6. The fourth-order valence-corrected chi connectivity index (χ4v) is 3.51. The summed E-state index contributed by atoms with van der Waals surface area (Å²) in [6.07, 6.45) is -2.65. The number of aliphatic hydroxyl groups is 1. The molecule has 28 heavy (non-hydrogen) atoms. The van der Waals surface area contributed by atoms with E-state index >= 15 is 0 Å². The van der Waals surface area contributed by atoms with Crippen LogP contribution in [0.1, 0.15) is 26.0 Å². The molecule has 2 heterocycles. The van der Waals surface area contributed by atoms with Crippen LogP contribution in [0.25, 0.3) is 10.9 Å². The highest BCUT2D eigenvalue weighted by Crippen LogP contribution is 2.41. The van der Waals surface area contributed by atoms with Crippen molar-refractivity contribution >= 4 is 10.9 Å². The molecule has 4 nitrogen and oxygen atoms in total. The summed E-state index contributed by atoms with van der Waals surface area (Å²) in [5, 5.41) is 11.1. The summed E-state index contributed by atoms with van der Waals surface area (Å²) >= 11 is 0. The second-order valence-electron chi connectivity index (χ2n) is 7.63. The van der Waals surface area contributed by atoms with Crippen LogP contribution in [-0.4, -0.2) is 26.4 Å². The molecule has 0 bridgehead atoms. The number of hydrogen-bond acceptors (Lipinski definition) is 3. The van der Waals surface area contributed by atoms with Gasteiger partial charge in [0, 0.05) is 35.0 Å². The Morgan fingerprint density at radius 2 is 1.71 bits per heavy atom. The normalized spacial score (nSPS) is 14.8. The van der Waals surface area contributed by atoms with Crippen LogP contribution >= 0.6 is 0 Å². The van der Waals surface area contributed by atoms with Gasteiger partial charge in [-0.2, -0.15) is 13.2 Å². The van der Waals surface area contributed by atoms with Crippen molar-refractivity contribution in [1.29, 1.82) is 0 Å². The molecule has 0 fully saturated rings. The molecule has 0 aliphatic rings. The van der Waals surface area contributed by atoms with Crippen molar-refractivity contribution in [2.75, 3.05) is 0 Å². The standard InChI is InChI=1S/C21H21F3N2O2/c1-19(2,18-9-5-6-11-25-18)13-20(28,21(22,23)24)14-26-12-10-17(27)15-7-3-4-8-16(15)26/h3-12,28H,13-14H2,1-2H3. The molecule has 0 amide bonds. The number of hydrogen-bond donors (Lipinski definition) is 1. The molecule has 0 saturated heterocycles. The van der Waals surface area contributed by atoms with Crippen LogP contribution in [-0.2, 0) is 12.0 Å². The van der Waals surface area contributed by atoms with E-state index in [9.17, 15) is 23.1 Å². The average molecular weight is 390 g/mol. The molecule has 1 unspecified atom stereocenters. The van der Waals surface area contributed by atoms with Gasteiger partial charge in [0.05, 0.1) is 12.1 Å². The summed E-state index contributed by atoms with van der Waals surface area (Å²) in [5.41, 5.74) is -3.52. The van der Waals surface area contributed by atoms with Gasteiger partial charge in [0.1, 0.15) is 0 Å². The first-order valence-corrected chi connectivity index (χ1v) is 8.82. The van der Waals surface area contributed by atoms with Gasteiger partial charge in [0.2, 0.25) is 0 Å². The summed E-state index contributed by atoms with van der Waals surface area (Å²) in [7, 11) is 0. The van der Waals surface area contributed by atoms with Crippen LogP contribution in [0.15, 0.2) is 65.7 Å². The van der Waals surface area contributed by atoms with Crippen LogP contribution in [0.2, 0.25) is 0 Å². The zero-order valence-electron chi connectivity index (χ0n) is 15.6. The van der Waals surface area contributed by atoms with Crippen molar-refractivity contribution in [3.8, 4) is 0 Å². The molecule has 1 atom stereocenters. The Balaban J connectivity index is 2.04. The first-order valence-electron chi connectivity index (χ1n) is 8.82. The van der Waals surface area contributed by atoms with E-state index in [1.807, 2.05) is 0 Å². The van der Waals surface area contributed by atoms with Crippen molar-refractivity contribution in [2.24, 2.45) is 0 Å². The molecule has 0 aliphatic heterocycles. The number of nitrogens with zero attached hydrogens (tertiary/aromatic N) is 2. The van der Waals surface area contributed by atoms with Crippen LogP contribution in [0.3, 0.4) is 0 Å². The Bertz CT molecular complexity index is 1030. The zero-order chi connectivity index (χ0) is 20.6. The van der Waals surface area contributed by atoms with Gasteiger partial charge in [-0.05, 0) is 30.7 Å². The molecule has 1 aromatic carbocycles. The number of aromatic nitrogens is 2. The highest BCUT2D eigenvalue weighted by Gasteiger charge is 2.56. The van der Waals surface area contributed by atoms with E-state index in [0.29, 0.717) is 16.6 Å². The maximum absolute atomic E-state index is 14.0. The first kappa shape index (κ1) is 20.1. The maximum atomic E-state index is 14.0. The van der Waals surface area contributed by atoms with E-state index in [1.54, 1.807) is 56.3 Å². The molecule has 2 aromatic heterocycles. The highest BCUT2D eigenvalue weighted by molar-refractivity contribution is 5.78. The Kier molecular flexibility index (Phi) is 5.06. The van der Waals surface area contributed by atoms with Gasteiger partial charge in [-0.1, -0.05) is 32.0 Å². The zero-order valence-corrected chi connectivity index (χ0v) is 15.6. The van der Waals surface area contributed by atoms with E-state index in [1.165, 1.54) is 23.0 Å². The van der Waals surface area contributed by atoms with Crippen LogP contribution in [0.4, 0.5) is 13.2 Å². The third-order valence-electron chi connectivity index (χ3n) is 4.94. The summed E-state index contributed by atoms with van der Waals surface area (Å²) in [4.78, 5) is 16.2. The van der Waals surface area contributed by atoms with E-state index < -0.39 is 30.2 Å². The molecule has 3 rings (SSSR count). The van der Waals surface area contributed by atoms with E-state index in [4.69, 9.17) is 0 Å². The third kappa shape index (κ3) is 3.80. The largest absolute Gasteiger partial charge is 0.418 e. The molecular weight excluding hydrogens is 369 g/mol. The summed E-state index contributed by atoms with van der Waals surface area (Å²) in [6.45, 7) is 2.51. The quantitative estimate of drug-likeness (QED) is 0.715. The molecule has 7 heteroatoms. The molecule has 3 aromatic rings. The van der Waals surface area contributed by atoms with Gasteiger partial charge in [-0.15, -0.1) is 0 Å². The second-order valence-corrected chi connectivity index (χ2v) is 7.63. The predicted molar refractivity (Wildman–Crippen MR) is 101 cm³/mol. The summed E-state index contributed by atoms with van der Waals surface area (Å²) < 4.78 is 43.2. The van der Waals surface area contributed by atoms with Crippen molar-refractivity contribution in [3.05, 3.63) is 76.8 Å². The van der Waals surface area contributed by atoms with Gasteiger partial charge in [0.15, 0.2) is 11.0 Å². The number of halogens is 3. The number of benzene rings is 1. The third-order valence-corrected chi connectivity index (χ3v) is 4.94. The van der Waals surface area contributed by atoms with E-state index in [-0.39, 0.29) is 5.43 Å². The van der Waals surface area contributed by atoms with Crippen LogP contribution < -0.4 is 5.43 Å². The fraction of sp³-hybridized carbons (Fsp3) is 0.333. The lowest BCUT2D eigenvalue weighted by molar-refractivity contribution is -0.271. The molecule has 148 valence electrons. The first-order chi connectivity index (χ1) is 13.0. The Hall–Kier alpha value is -2.67. The van der Waals surface area contributed by atoms with Gasteiger partial charge in [-0.3, -0.25) is 9.78 Å². The number of para-hydroxylation sites is 1. The van der Waals surface area contributed by atoms with Crippen molar-refractivity contribution in [3.63, 3.8) is 0 Å². The van der Waals surface area contributed by atoms with E-state index in [0.717, 1.165) is 0 Å². The van der Waals surface area contributed by atoms with Gasteiger partial charge in [-0.25, -0.2) is 0 Å². The van der Waals surface area contributed by atoms with Crippen LogP contribution in [0.5, 0.6) is 0 Å². The highest BCUT2D eigenvalue weighted by atomic mass is 19.4. The minimum Gasteiger partial charge on any atom is -0.379 e. The van der Waals surface area contributed by atoms with Crippen LogP contribution in [0, 0.1) is 0 Å². The maximum Gasteiger partial charge on any atom is 0.418 e. The van der Waals surface area contributed by atoms with Gasteiger partial charge >= 0.3 is 6.18 Å². The number of rotatable bonds is 5. The number of alkyl halides is 3. The minimum atomic E-state index is -4.87. The second kappa shape index (κ2) is 7.05. The predicted octanol–water partition coefficient (Wildman–Crippen LogP) is 4.06. The monoisotopic (exact) mass is 390 g/mol. The molecular formula is C21H21F3N2O2. The number of pyridine rings is 2. The minimum absolute atomic E-state index is 0.281. The number of fused-ring (bicyclic) bond motifs is 1. The average Bonchev–Trinajstić information content (AvgIpc) is 2.64. The lowest BCUT2D eigenvalue weighted by Crippen LogP contribution is -2.52. The molecule has 0 aliphatic carbocycles. The molecule has 0 radical (unpaired) electrons. The van der Waals surface area contributed by atoms with Crippen molar-refractivity contribution in [1.82, 2.24) is 9.55 Å². The van der Waals surface area contributed by atoms with Gasteiger partial charge in [0.25, 0.3) is 0 Å². The SMILES string of the molecule is CC(C)(CC(O)(Cn1ccc(=O)c2ccccc21)C(F)(F)F)c1ccccn1. The van der Waals surface area contributed by atoms with Crippen molar-refractivity contribution in [2.45, 2.75) is 44.0 Å². The molecule has 1 N–H and O–H groups in total. The fourth-order valence-electron chi connectivity index (χ4n) is 3.51. The Morgan fingerprint density at radius 1 is 1.04 bits per heavy atom. The lowest BCUT2D eigenvalue weighted by atomic mass is 9.77. The molecule has 0 spiro atoms. The Labute approximate surface area is 160 Å². The smallest absolute Gasteiger partial charge is 0.379 e. The summed E-state index contributed by atoms with van der Waals surface area (Å²) in [5.74, 6) is 0. The molecule has 0 saturated carbocycles.